The Balaban J connectivity index is 2.20. The third-order valence-corrected chi connectivity index (χ3v) is 3.44. The van der Waals surface area contributed by atoms with Crippen LogP contribution in [0.4, 0.5) is 11.4 Å². The van der Waals surface area contributed by atoms with Crippen molar-refractivity contribution in [3.05, 3.63) is 48.5 Å². The van der Waals surface area contributed by atoms with Crippen molar-refractivity contribution in [1.82, 2.24) is 0 Å². The zero-order valence-corrected chi connectivity index (χ0v) is 8.66. The molecule has 0 atom stereocenters. The van der Waals surface area contributed by atoms with Gasteiger partial charge in [-0.05, 0) is 18.2 Å². The maximum absolute atomic E-state index is 10.0. The van der Waals surface area contributed by atoms with Crippen LogP contribution in [0, 0.1) is 6.07 Å². The van der Waals surface area contributed by atoms with E-state index in [9.17, 15) is 5.21 Å². The van der Waals surface area contributed by atoms with E-state index in [2.05, 4.69) is 6.07 Å². The Bertz CT molecular complexity index is 467. The number of anilines is 2. The molecule has 2 aromatic carbocycles. The van der Waals surface area contributed by atoms with Gasteiger partial charge < -0.3 is 0 Å². The molecule has 2 aromatic rings. The molecule has 1 radical (unpaired) electrons. The fraction of sp³-hybridized carbons (Fsp3) is 0. The van der Waals surface area contributed by atoms with Crippen LogP contribution in [0.25, 0.3) is 0 Å². The molecule has 3 heteroatoms. The SMILES string of the molecule is ON1c2[c]cccc2Sc2ccccc21. The van der Waals surface area contributed by atoms with Crippen molar-refractivity contribution in [1.29, 1.82) is 0 Å². The highest BCUT2D eigenvalue weighted by atomic mass is 32.2. The van der Waals surface area contributed by atoms with E-state index in [0.29, 0.717) is 0 Å². The summed E-state index contributed by atoms with van der Waals surface area (Å²) in [5.41, 5.74) is 1.54. The van der Waals surface area contributed by atoms with E-state index < -0.39 is 0 Å². The van der Waals surface area contributed by atoms with E-state index in [1.807, 2.05) is 36.4 Å². The fourth-order valence-corrected chi connectivity index (χ4v) is 2.65. The predicted molar refractivity (Wildman–Crippen MR) is 59.8 cm³/mol. The van der Waals surface area contributed by atoms with Gasteiger partial charge in [0.2, 0.25) is 0 Å². The first-order valence-corrected chi connectivity index (χ1v) is 5.44. The van der Waals surface area contributed by atoms with Crippen LogP contribution in [0.2, 0.25) is 0 Å². The van der Waals surface area contributed by atoms with Crippen molar-refractivity contribution < 1.29 is 5.21 Å². The van der Waals surface area contributed by atoms with Gasteiger partial charge in [-0.3, -0.25) is 5.21 Å². The summed E-state index contributed by atoms with van der Waals surface area (Å²) in [5.74, 6) is 0. The molecule has 2 nitrogen and oxygen atoms in total. The van der Waals surface area contributed by atoms with Gasteiger partial charge in [0.15, 0.2) is 0 Å². The molecule has 0 amide bonds. The molecule has 3 rings (SSSR count). The average Bonchev–Trinajstić information content (AvgIpc) is 2.30. The van der Waals surface area contributed by atoms with Crippen LogP contribution in [-0.2, 0) is 0 Å². The molecule has 1 aliphatic heterocycles. The van der Waals surface area contributed by atoms with Crippen LogP contribution < -0.4 is 5.06 Å². The van der Waals surface area contributed by atoms with Crippen LogP contribution in [0.15, 0.2) is 52.3 Å². The van der Waals surface area contributed by atoms with E-state index in [4.69, 9.17) is 0 Å². The minimum absolute atomic E-state index is 0.723. The Kier molecular flexibility index (Phi) is 1.94. The third-order valence-electron chi connectivity index (χ3n) is 2.32. The number of hydrogen-bond donors (Lipinski definition) is 1. The van der Waals surface area contributed by atoms with Crippen molar-refractivity contribution in [2.75, 3.05) is 5.06 Å². The third kappa shape index (κ3) is 1.32. The quantitative estimate of drug-likeness (QED) is 0.726. The molecule has 0 aromatic heterocycles. The molecular formula is C12H8NOS. The number of benzene rings is 2. The molecule has 0 unspecified atom stereocenters. The van der Waals surface area contributed by atoms with Crippen molar-refractivity contribution >= 4 is 23.1 Å². The second kappa shape index (κ2) is 3.29. The highest BCUT2D eigenvalue weighted by Gasteiger charge is 2.21. The molecule has 1 N–H and O–H groups in total. The Hall–Kier alpha value is -1.45. The molecule has 15 heavy (non-hydrogen) atoms. The normalized spacial score (nSPS) is 13.3. The lowest BCUT2D eigenvalue weighted by Gasteiger charge is -2.26. The first-order chi connectivity index (χ1) is 7.36. The molecule has 73 valence electrons. The second-order valence-corrected chi connectivity index (χ2v) is 4.35. The maximum Gasteiger partial charge on any atom is 0.0911 e. The van der Waals surface area contributed by atoms with Gasteiger partial charge in [-0.15, -0.1) is 0 Å². The van der Waals surface area contributed by atoms with Crippen molar-refractivity contribution in [2.45, 2.75) is 9.79 Å². The van der Waals surface area contributed by atoms with Crippen molar-refractivity contribution in [3.63, 3.8) is 0 Å². The summed E-state index contributed by atoms with van der Waals surface area (Å²) in [5, 5.41) is 11.2. The minimum Gasteiger partial charge on any atom is -0.283 e. The highest BCUT2D eigenvalue weighted by Crippen LogP contribution is 2.46. The smallest absolute Gasteiger partial charge is 0.0911 e. The zero-order valence-electron chi connectivity index (χ0n) is 7.84. The largest absolute Gasteiger partial charge is 0.283 e. The van der Waals surface area contributed by atoms with Crippen molar-refractivity contribution in [3.8, 4) is 0 Å². The monoisotopic (exact) mass is 214 g/mol. The second-order valence-electron chi connectivity index (χ2n) is 3.26. The van der Waals surface area contributed by atoms with E-state index in [-0.39, 0.29) is 0 Å². The van der Waals surface area contributed by atoms with Crippen LogP contribution in [0.5, 0.6) is 0 Å². The number of rotatable bonds is 0. The van der Waals surface area contributed by atoms with E-state index in [0.717, 1.165) is 21.2 Å². The number of fused-ring (bicyclic) bond motifs is 2. The molecule has 0 spiro atoms. The van der Waals surface area contributed by atoms with E-state index >= 15 is 0 Å². The Morgan fingerprint density at radius 2 is 1.87 bits per heavy atom. The van der Waals surface area contributed by atoms with Crippen LogP contribution in [0.1, 0.15) is 0 Å². The standard InChI is InChI=1S/C12H8NOS/c14-13-9-5-1-3-7-11(9)15-12-8-4-2-6-10(12)13/h1-5,7-8,14H. The molecular weight excluding hydrogens is 206 g/mol. The van der Waals surface area contributed by atoms with Gasteiger partial charge in [-0.25, -0.2) is 5.06 Å². The molecule has 1 heterocycles. The first-order valence-electron chi connectivity index (χ1n) is 4.63. The maximum atomic E-state index is 10.0. The fourth-order valence-electron chi connectivity index (χ4n) is 1.62. The highest BCUT2D eigenvalue weighted by molar-refractivity contribution is 7.99. The summed E-state index contributed by atoms with van der Waals surface area (Å²) < 4.78 is 0. The van der Waals surface area contributed by atoms with Gasteiger partial charge >= 0.3 is 0 Å². The minimum atomic E-state index is 0.723. The Morgan fingerprint density at radius 1 is 1.07 bits per heavy atom. The number of nitrogens with zero attached hydrogens (tertiary/aromatic N) is 1. The Morgan fingerprint density at radius 3 is 2.80 bits per heavy atom. The lowest BCUT2D eigenvalue weighted by molar-refractivity contribution is 0.296. The predicted octanol–water partition coefficient (Wildman–Crippen LogP) is 3.48. The van der Waals surface area contributed by atoms with Gasteiger partial charge in [-0.2, -0.15) is 0 Å². The van der Waals surface area contributed by atoms with E-state index in [1.165, 1.54) is 5.06 Å². The van der Waals surface area contributed by atoms with Crippen LogP contribution in [-0.4, -0.2) is 5.21 Å². The van der Waals surface area contributed by atoms with Gasteiger partial charge in [0, 0.05) is 15.9 Å². The lowest BCUT2D eigenvalue weighted by atomic mass is 10.2. The van der Waals surface area contributed by atoms with Gasteiger partial charge in [0.25, 0.3) is 0 Å². The Labute approximate surface area is 92.1 Å². The molecule has 0 fully saturated rings. The molecule has 1 aliphatic rings. The summed E-state index contributed by atoms with van der Waals surface area (Å²) in [6, 6.07) is 16.5. The molecule has 0 aliphatic carbocycles. The molecule has 0 saturated heterocycles. The summed E-state index contributed by atoms with van der Waals surface area (Å²) in [6.45, 7) is 0. The van der Waals surface area contributed by atoms with E-state index in [1.54, 1.807) is 17.8 Å². The summed E-state index contributed by atoms with van der Waals surface area (Å²) in [4.78, 5) is 2.09. The van der Waals surface area contributed by atoms with Crippen molar-refractivity contribution in [2.24, 2.45) is 0 Å². The van der Waals surface area contributed by atoms with Crippen LogP contribution >= 0.6 is 11.8 Å². The lowest BCUT2D eigenvalue weighted by Crippen LogP contribution is -2.15. The zero-order chi connectivity index (χ0) is 10.3. The number of hydrogen-bond acceptors (Lipinski definition) is 3. The van der Waals surface area contributed by atoms with Gasteiger partial charge in [0.1, 0.15) is 0 Å². The topological polar surface area (TPSA) is 23.5 Å². The average molecular weight is 214 g/mol. The number of para-hydroxylation sites is 2. The van der Waals surface area contributed by atoms with Crippen LogP contribution in [0.3, 0.4) is 0 Å². The molecule has 0 saturated carbocycles. The molecule has 0 bridgehead atoms. The summed E-state index contributed by atoms with van der Waals surface area (Å²) >= 11 is 1.65. The summed E-state index contributed by atoms with van der Waals surface area (Å²) in [7, 11) is 0. The van der Waals surface area contributed by atoms with Gasteiger partial charge in [0.05, 0.1) is 11.4 Å². The summed E-state index contributed by atoms with van der Waals surface area (Å²) in [6.07, 6.45) is 0. The first kappa shape index (κ1) is 8.83. The van der Waals surface area contributed by atoms with Gasteiger partial charge in [-0.1, -0.05) is 36.0 Å².